The molecular formula is C15H24BrN. The standard InChI is InChI=1S/C15H24BrN/c1-4-12(5-2)10-15(17-3)11-13-7-6-8-14(16)9-13/h6-9,12,15,17H,4-5,10-11H2,1-3H3. The molecule has 2 heteroatoms. The Kier molecular flexibility index (Phi) is 6.83. The molecule has 1 nitrogen and oxygen atoms in total. The molecule has 17 heavy (non-hydrogen) atoms. The Labute approximate surface area is 114 Å². The van der Waals surface area contributed by atoms with Gasteiger partial charge in [0, 0.05) is 10.5 Å². The minimum Gasteiger partial charge on any atom is -0.317 e. The monoisotopic (exact) mass is 297 g/mol. The summed E-state index contributed by atoms with van der Waals surface area (Å²) in [6.45, 7) is 4.58. The molecule has 0 heterocycles. The fourth-order valence-electron chi connectivity index (χ4n) is 2.28. The molecule has 0 radical (unpaired) electrons. The van der Waals surface area contributed by atoms with Gasteiger partial charge in [0.25, 0.3) is 0 Å². The van der Waals surface area contributed by atoms with E-state index >= 15 is 0 Å². The van der Waals surface area contributed by atoms with Crippen molar-refractivity contribution in [3.05, 3.63) is 34.3 Å². The summed E-state index contributed by atoms with van der Waals surface area (Å²) in [6.07, 6.45) is 4.96. The molecule has 0 bridgehead atoms. The first-order valence-corrected chi connectivity index (χ1v) is 7.40. The fourth-order valence-corrected chi connectivity index (χ4v) is 2.72. The van der Waals surface area contributed by atoms with Crippen LogP contribution >= 0.6 is 15.9 Å². The zero-order valence-electron chi connectivity index (χ0n) is 11.2. The molecule has 1 N–H and O–H groups in total. The Balaban J connectivity index is 2.57. The van der Waals surface area contributed by atoms with E-state index in [0.717, 1.165) is 12.3 Å². The van der Waals surface area contributed by atoms with Gasteiger partial charge in [-0.05, 0) is 43.5 Å². The summed E-state index contributed by atoms with van der Waals surface area (Å²) < 4.78 is 1.17. The largest absolute Gasteiger partial charge is 0.317 e. The molecule has 0 saturated heterocycles. The van der Waals surface area contributed by atoms with Gasteiger partial charge in [0.1, 0.15) is 0 Å². The van der Waals surface area contributed by atoms with Gasteiger partial charge in [0.2, 0.25) is 0 Å². The summed E-state index contributed by atoms with van der Waals surface area (Å²) in [5.74, 6) is 0.847. The van der Waals surface area contributed by atoms with Gasteiger partial charge < -0.3 is 5.32 Å². The van der Waals surface area contributed by atoms with Crippen molar-refractivity contribution in [2.75, 3.05) is 7.05 Å². The lowest BCUT2D eigenvalue weighted by Crippen LogP contribution is -2.30. The van der Waals surface area contributed by atoms with Crippen LogP contribution in [-0.4, -0.2) is 13.1 Å². The second kappa shape index (κ2) is 7.88. The maximum absolute atomic E-state index is 3.53. The van der Waals surface area contributed by atoms with Crippen molar-refractivity contribution in [3.63, 3.8) is 0 Å². The molecule has 0 aliphatic carbocycles. The lowest BCUT2D eigenvalue weighted by molar-refractivity contribution is 0.377. The molecule has 96 valence electrons. The number of benzene rings is 1. The molecule has 1 unspecified atom stereocenters. The van der Waals surface area contributed by atoms with Crippen molar-refractivity contribution < 1.29 is 0 Å². The van der Waals surface area contributed by atoms with E-state index in [9.17, 15) is 0 Å². The van der Waals surface area contributed by atoms with Crippen LogP contribution in [0.4, 0.5) is 0 Å². The minimum absolute atomic E-state index is 0.592. The first kappa shape index (κ1) is 14.7. The van der Waals surface area contributed by atoms with E-state index in [-0.39, 0.29) is 0 Å². The Hall–Kier alpha value is -0.340. The lowest BCUT2D eigenvalue weighted by Gasteiger charge is -2.21. The van der Waals surface area contributed by atoms with Gasteiger partial charge in [-0.2, -0.15) is 0 Å². The SMILES string of the molecule is CCC(CC)CC(Cc1cccc(Br)c1)NC. The average Bonchev–Trinajstić information content (AvgIpc) is 2.34. The molecule has 1 aromatic carbocycles. The van der Waals surface area contributed by atoms with Crippen molar-refractivity contribution in [1.82, 2.24) is 5.32 Å². The number of hydrogen-bond donors (Lipinski definition) is 1. The van der Waals surface area contributed by atoms with Crippen molar-refractivity contribution in [3.8, 4) is 0 Å². The smallest absolute Gasteiger partial charge is 0.0178 e. The molecule has 1 aromatic rings. The summed E-state index contributed by atoms with van der Waals surface area (Å²) >= 11 is 3.53. The molecule has 0 aliphatic rings. The van der Waals surface area contributed by atoms with E-state index in [1.807, 2.05) is 0 Å². The number of hydrogen-bond acceptors (Lipinski definition) is 1. The van der Waals surface area contributed by atoms with Gasteiger partial charge in [-0.25, -0.2) is 0 Å². The second-order valence-corrected chi connectivity index (χ2v) is 5.65. The van der Waals surface area contributed by atoms with Gasteiger partial charge in [-0.15, -0.1) is 0 Å². The van der Waals surface area contributed by atoms with Crippen molar-refractivity contribution in [1.29, 1.82) is 0 Å². The molecule has 0 spiro atoms. The zero-order chi connectivity index (χ0) is 12.7. The fraction of sp³-hybridized carbons (Fsp3) is 0.600. The highest BCUT2D eigenvalue weighted by molar-refractivity contribution is 9.10. The molecule has 0 amide bonds. The molecular weight excluding hydrogens is 274 g/mol. The zero-order valence-corrected chi connectivity index (χ0v) is 12.8. The van der Waals surface area contributed by atoms with Crippen LogP contribution in [-0.2, 0) is 6.42 Å². The van der Waals surface area contributed by atoms with E-state index in [4.69, 9.17) is 0 Å². The number of nitrogens with one attached hydrogen (secondary N) is 1. The highest BCUT2D eigenvalue weighted by Gasteiger charge is 2.13. The number of halogens is 1. The second-order valence-electron chi connectivity index (χ2n) is 4.74. The minimum atomic E-state index is 0.592. The van der Waals surface area contributed by atoms with Gasteiger partial charge in [0.15, 0.2) is 0 Å². The van der Waals surface area contributed by atoms with Crippen LogP contribution in [0.5, 0.6) is 0 Å². The molecule has 0 fully saturated rings. The van der Waals surface area contributed by atoms with Crippen LogP contribution in [0.15, 0.2) is 28.7 Å². The topological polar surface area (TPSA) is 12.0 Å². The maximum atomic E-state index is 3.53. The highest BCUT2D eigenvalue weighted by atomic mass is 79.9. The van der Waals surface area contributed by atoms with Gasteiger partial charge in [-0.1, -0.05) is 54.8 Å². The van der Waals surface area contributed by atoms with E-state index < -0.39 is 0 Å². The Morgan fingerprint density at radius 3 is 2.47 bits per heavy atom. The van der Waals surface area contributed by atoms with Crippen LogP contribution in [0.3, 0.4) is 0 Å². The number of likely N-dealkylation sites (N-methyl/N-ethyl adjacent to an activating group) is 1. The third-order valence-electron chi connectivity index (χ3n) is 3.55. The predicted octanol–water partition coefficient (Wildman–Crippen LogP) is 4.41. The highest BCUT2D eigenvalue weighted by Crippen LogP contribution is 2.19. The average molecular weight is 298 g/mol. The first-order valence-electron chi connectivity index (χ1n) is 6.61. The molecule has 1 atom stereocenters. The van der Waals surface area contributed by atoms with Crippen molar-refractivity contribution in [2.45, 2.75) is 45.6 Å². The predicted molar refractivity (Wildman–Crippen MR) is 79.4 cm³/mol. The quantitative estimate of drug-likeness (QED) is 0.786. The summed E-state index contributed by atoms with van der Waals surface area (Å²) in [5.41, 5.74) is 1.41. The van der Waals surface area contributed by atoms with E-state index in [1.165, 1.54) is 29.3 Å². The van der Waals surface area contributed by atoms with Crippen LogP contribution in [0.2, 0.25) is 0 Å². The van der Waals surface area contributed by atoms with E-state index in [1.54, 1.807) is 0 Å². The van der Waals surface area contributed by atoms with Crippen LogP contribution in [0.1, 0.15) is 38.7 Å². The van der Waals surface area contributed by atoms with E-state index in [2.05, 4.69) is 66.4 Å². The molecule has 0 aliphatic heterocycles. The van der Waals surface area contributed by atoms with Gasteiger partial charge in [0.05, 0.1) is 0 Å². The summed E-state index contributed by atoms with van der Waals surface area (Å²) in [7, 11) is 2.07. The number of rotatable bonds is 7. The summed E-state index contributed by atoms with van der Waals surface area (Å²) in [6, 6.07) is 9.22. The van der Waals surface area contributed by atoms with E-state index in [0.29, 0.717) is 6.04 Å². The van der Waals surface area contributed by atoms with Crippen LogP contribution < -0.4 is 5.32 Å². The summed E-state index contributed by atoms with van der Waals surface area (Å²) in [5, 5.41) is 3.45. The van der Waals surface area contributed by atoms with Crippen LogP contribution in [0.25, 0.3) is 0 Å². The molecule has 0 aromatic heterocycles. The Morgan fingerprint density at radius 2 is 1.94 bits per heavy atom. The van der Waals surface area contributed by atoms with Crippen molar-refractivity contribution in [2.24, 2.45) is 5.92 Å². The molecule has 0 saturated carbocycles. The summed E-state index contributed by atoms with van der Waals surface area (Å²) in [4.78, 5) is 0. The van der Waals surface area contributed by atoms with Crippen molar-refractivity contribution >= 4 is 15.9 Å². The lowest BCUT2D eigenvalue weighted by atomic mass is 9.91. The first-order chi connectivity index (χ1) is 8.19. The third-order valence-corrected chi connectivity index (χ3v) is 4.05. The van der Waals surface area contributed by atoms with Crippen LogP contribution in [0, 0.1) is 5.92 Å². The van der Waals surface area contributed by atoms with Gasteiger partial charge in [-0.3, -0.25) is 0 Å². The normalized spacial score (nSPS) is 13.0. The Bertz CT molecular complexity index is 320. The Morgan fingerprint density at radius 1 is 1.24 bits per heavy atom. The third kappa shape index (κ3) is 5.22. The maximum Gasteiger partial charge on any atom is 0.0178 e. The molecule has 1 rings (SSSR count). The van der Waals surface area contributed by atoms with Gasteiger partial charge >= 0.3 is 0 Å².